The van der Waals surface area contributed by atoms with Crippen LogP contribution in [-0.2, 0) is 22.0 Å². The third-order valence-corrected chi connectivity index (χ3v) is 6.61. The second-order valence-electron chi connectivity index (χ2n) is 10.4. The topological polar surface area (TPSA) is 65.1 Å². The number of hydrogen-bond acceptors (Lipinski definition) is 5. The first-order valence-corrected chi connectivity index (χ1v) is 11.8. The molecule has 4 rings (SSSR count). The molecule has 3 heterocycles. The van der Waals surface area contributed by atoms with Gasteiger partial charge < -0.3 is 19.9 Å². The summed E-state index contributed by atoms with van der Waals surface area (Å²) in [4.78, 5) is 30.2. The molecule has 2 saturated heterocycles. The first-order chi connectivity index (χ1) is 15.5. The Bertz CT molecular complexity index is 886. The van der Waals surface area contributed by atoms with Crippen LogP contribution in [0.15, 0.2) is 18.2 Å². The summed E-state index contributed by atoms with van der Waals surface area (Å²) in [6.45, 7) is 12.4. The lowest BCUT2D eigenvalue weighted by molar-refractivity contribution is -0.139. The van der Waals surface area contributed by atoms with Gasteiger partial charge in [-0.3, -0.25) is 9.69 Å². The van der Waals surface area contributed by atoms with Gasteiger partial charge in [-0.25, -0.2) is 4.79 Å². The number of piperazine rings is 1. The van der Waals surface area contributed by atoms with E-state index in [0.717, 1.165) is 64.2 Å². The summed E-state index contributed by atoms with van der Waals surface area (Å²) in [6, 6.07) is 4.84. The lowest BCUT2D eigenvalue weighted by atomic mass is 9.96. The van der Waals surface area contributed by atoms with Crippen LogP contribution >= 0.6 is 0 Å². The van der Waals surface area contributed by atoms with Gasteiger partial charge in [0.05, 0.1) is 11.3 Å². The highest BCUT2D eigenvalue weighted by atomic mass is 19.3. The third-order valence-electron chi connectivity index (χ3n) is 6.61. The average molecular weight is 465 g/mol. The number of amides is 2. The Kier molecular flexibility index (Phi) is 6.64. The van der Waals surface area contributed by atoms with Crippen LogP contribution in [0.25, 0.3) is 0 Å². The van der Waals surface area contributed by atoms with Gasteiger partial charge in [0.2, 0.25) is 0 Å². The average Bonchev–Trinajstić information content (AvgIpc) is 2.97. The molecule has 7 nitrogen and oxygen atoms in total. The molecule has 0 atom stereocenters. The highest BCUT2D eigenvalue weighted by molar-refractivity contribution is 6.03. The lowest BCUT2D eigenvalue weighted by Gasteiger charge is -2.39. The third kappa shape index (κ3) is 5.63. The summed E-state index contributed by atoms with van der Waals surface area (Å²) in [5, 5.41) is 2.24. The molecule has 1 N–H and O–H groups in total. The van der Waals surface area contributed by atoms with Crippen LogP contribution < -0.4 is 5.32 Å². The van der Waals surface area contributed by atoms with Crippen molar-refractivity contribution in [2.75, 3.05) is 51.1 Å². The molecule has 0 bridgehead atoms. The number of nitrogens with zero attached hydrogens (tertiary/aromatic N) is 3. The predicted molar refractivity (Wildman–Crippen MR) is 121 cm³/mol. The Hall–Kier alpha value is -2.26. The van der Waals surface area contributed by atoms with E-state index in [-0.39, 0.29) is 17.3 Å². The van der Waals surface area contributed by atoms with Gasteiger partial charge in [-0.05, 0) is 57.2 Å². The van der Waals surface area contributed by atoms with Crippen molar-refractivity contribution in [1.29, 1.82) is 0 Å². The van der Waals surface area contributed by atoms with Crippen LogP contribution in [0.1, 0.15) is 44.7 Å². The maximum atomic E-state index is 14.0. The van der Waals surface area contributed by atoms with Gasteiger partial charge in [-0.15, -0.1) is 0 Å². The Morgan fingerprint density at radius 2 is 1.73 bits per heavy atom. The molecule has 0 aliphatic carbocycles. The number of hydrogen-bond donors (Lipinski definition) is 1. The van der Waals surface area contributed by atoms with E-state index >= 15 is 0 Å². The molecule has 3 aliphatic rings. The highest BCUT2D eigenvalue weighted by Crippen LogP contribution is 2.40. The zero-order valence-electron chi connectivity index (χ0n) is 19.7. The number of nitrogens with one attached hydrogen (secondary N) is 1. The van der Waals surface area contributed by atoms with E-state index in [4.69, 9.17) is 4.74 Å². The molecule has 9 heteroatoms. The van der Waals surface area contributed by atoms with Crippen molar-refractivity contribution >= 4 is 17.7 Å². The number of anilines is 1. The second kappa shape index (κ2) is 9.18. The fraction of sp³-hybridized carbons (Fsp3) is 0.667. The zero-order chi connectivity index (χ0) is 23.8. The van der Waals surface area contributed by atoms with Crippen LogP contribution in [0, 0.1) is 5.92 Å². The number of carbonyl (C=O) groups is 2. The molecule has 0 spiro atoms. The van der Waals surface area contributed by atoms with Crippen LogP contribution in [0.4, 0.5) is 19.3 Å². The van der Waals surface area contributed by atoms with E-state index < -0.39 is 17.4 Å². The number of likely N-dealkylation sites (tertiary alicyclic amines) is 1. The molecule has 33 heavy (non-hydrogen) atoms. The highest BCUT2D eigenvalue weighted by Gasteiger charge is 2.48. The van der Waals surface area contributed by atoms with Crippen LogP contribution in [-0.4, -0.2) is 78.1 Å². The lowest BCUT2D eigenvalue weighted by Crippen LogP contribution is -2.49. The predicted octanol–water partition coefficient (Wildman–Crippen LogP) is 3.50. The summed E-state index contributed by atoms with van der Waals surface area (Å²) in [5.74, 6) is -4.14. The fourth-order valence-electron chi connectivity index (χ4n) is 4.76. The van der Waals surface area contributed by atoms with Gasteiger partial charge in [0.25, 0.3) is 5.91 Å². The minimum Gasteiger partial charge on any atom is -0.444 e. The Labute approximate surface area is 194 Å². The van der Waals surface area contributed by atoms with E-state index in [9.17, 15) is 18.4 Å². The van der Waals surface area contributed by atoms with E-state index in [1.165, 1.54) is 6.07 Å². The normalized spacial score (nSPS) is 22.2. The Morgan fingerprint density at radius 1 is 1.09 bits per heavy atom. The molecule has 0 radical (unpaired) electrons. The van der Waals surface area contributed by atoms with Gasteiger partial charge in [0.1, 0.15) is 5.60 Å². The summed E-state index contributed by atoms with van der Waals surface area (Å²) >= 11 is 0. The zero-order valence-corrected chi connectivity index (χ0v) is 19.7. The molecule has 0 unspecified atom stereocenters. The summed E-state index contributed by atoms with van der Waals surface area (Å²) in [6.07, 6.45) is 1.74. The Balaban J connectivity index is 1.20. The van der Waals surface area contributed by atoms with Gasteiger partial charge in [0.15, 0.2) is 0 Å². The number of benzene rings is 1. The molecular formula is C24H34F2N4O3. The number of carbonyl (C=O) groups excluding carboxylic acids is 2. The first kappa shape index (κ1) is 23.9. The number of piperidine rings is 1. The molecule has 2 fully saturated rings. The SMILES string of the molecule is CC(C)(C)OC(=O)N1CCC(CN2CCN(Cc3ccc4c(c3)C(F)(F)C(=O)N4)CC2)CC1. The Morgan fingerprint density at radius 3 is 2.36 bits per heavy atom. The summed E-state index contributed by atoms with van der Waals surface area (Å²) in [7, 11) is 0. The van der Waals surface area contributed by atoms with Crippen molar-refractivity contribution in [1.82, 2.24) is 14.7 Å². The second-order valence-corrected chi connectivity index (χ2v) is 10.4. The quantitative estimate of drug-likeness (QED) is 0.739. The van der Waals surface area contributed by atoms with Gasteiger partial charge in [-0.2, -0.15) is 8.78 Å². The number of ether oxygens (including phenoxy) is 1. The first-order valence-electron chi connectivity index (χ1n) is 11.8. The van der Waals surface area contributed by atoms with E-state index in [2.05, 4.69) is 15.1 Å². The van der Waals surface area contributed by atoms with E-state index in [0.29, 0.717) is 12.5 Å². The number of fused-ring (bicyclic) bond motifs is 1. The standard InChI is InChI=1S/C24H34F2N4O3/c1-23(2,3)33-22(32)30-8-6-17(7-9-30)15-28-10-12-29(13-11-28)16-18-4-5-20-19(14-18)24(25,26)21(31)27-20/h4-5,14,17H,6-13,15-16H2,1-3H3,(H,27,31). The molecule has 3 aliphatic heterocycles. The van der Waals surface area contributed by atoms with Crippen molar-refractivity contribution < 1.29 is 23.1 Å². The van der Waals surface area contributed by atoms with Crippen LogP contribution in [0.5, 0.6) is 0 Å². The fourth-order valence-corrected chi connectivity index (χ4v) is 4.76. The van der Waals surface area contributed by atoms with Gasteiger partial charge in [-0.1, -0.05) is 6.07 Å². The van der Waals surface area contributed by atoms with Gasteiger partial charge in [0, 0.05) is 52.4 Å². The minimum absolute atomic E-state index is 0.205. The van der Waals surface area contributed by atoms with Crippen molar-refractivity contribution in [3.63, 3.8) is 0 Å². The molecule has 2 amide bonds. The number of halogens is 2. The van der Waals surface area contributed by atoms with Crippen molar-refractivity contribution in [3.05, 3.63) is 29.3 Å². The monoisotopic (exact) mass is 464 g/mol. The molecule has 0 saturated carbocycles. The molecule has 1 aromatic rings. The number of alkyl halides is 2. The smallest absolute Gasteiger partial charge is 0.410 e. The maximum absolute atomic E-state index is 14.0. The van der Waals surface area contributed by atoms with Crippen molar-refractivity contribution in [2.45, 2.75) is 51.7 Å². The minimum atomic E-state index is -3.46. The molecule has 0 aromatic heterocycles. The largest absolute Gasteiger partial charge is 0.444 e. The number of rotatable bonds is 4. The van der Waals surface area contributed by atoms with Crippen LogP contribution in [0.3, 0.4) is 0 Å². The molecule has 1 aromatic carbocycles. The van der Waals surface area contributed by atoms with E-state index in [1.807, 2.05) is 31.7 Å². The maximum Gasteiger partial charge on any atom is 0.410 e. The molecule has 182 valence electrons. The van der Waals surface area contributed by atoms with E-state index in [1.54, 1.807) is 6.07 Å². The van der Waals surface area contributed by atoms with Gasteiger partial charge >= 0.3 is 12.0 Å². The summed E-state index contributed by atoms with van der Waals surface area (Å²) in [5.41, 5.74) is 0.313. The van der Waals surface area contributed by atoms with Crippen molar-refractivity contribution in [3.8, 4) is 0 Å². The summed E-state index contributed by atoms with van der Waals surface area (Å²) < 4.78 is 33.6. The molecular weight excluding hydrogens is 430 g/mol. The van der Waals surface area contributed by atoms with Crippen molar-refractivity contribution in [2.24, 2.45) is 5.92 Å². The van der Waals surface area contributed by atoms with Crippen LogP contribution in [0.2, 0.25) is 0 Å².